The Bertz CT molecular complexity index is 1190. The van der Waals surface area contributed by atoms with Crippen LogP contribution in [-0.4, -0.2) is 27.4 Å². The van der Waals surface area contributed by atoms with Gasteiger partial charge in [0, 0.05) is 11.7 Å². The molecule has 0 bridgehead atoms. The van der Waals surface area contributed by atoms with Crippen LogP contribution in [0.5, 0.6) is 0 Å². The zero-order valence-corrected chi connectivity index (χ0v) is 20.5. The maximum absolute atomic E-state index is 14.7. The second-order valence-electron chi connectivity index (χ2n) is 8.96. The molecule has 2 aromatic carbocycles. The van der Waals surface area contributed by atoms with E-state index in [1.54, 1.807) is 26.0 Å². The van der Waals surface area contributed by atoms with E-state index in [2.05, 4.69) is 14.9 Å². The summed E-state index contributed by atoms with van der Waals surface area (Å²) in [6, 6.07) is 11.2. The molecular formula is C26H29FN4O2S. The van der Waals surface area contributed by atoms with Crippen LogP contribution in [0.4, 0.5) is 10.1 Å². The zero-order valence-electron chi connectivity index (χ0n) is 19.7. The number of hydrogen-bond acceptors (Lipinski definition) is 5. The van der Waals surface area contributed by atoms with Crippen molar-refractivity contribution in [1.82, 2.24) is 14.9 Å². The van der Waals surface area contributed by atoms with E-state index in [9.17, 15) is 14.0 Å². The molecule has 1 atom stereocenters. The zero-order chi connectivity index (χ0) is 24.2. The average molecular weight is 481 g/mol. The van der Waals surface area contributed by atoms with E-state index in [4.69, 9.17) is 0 Å². The molecular weight excluding hydrogens is 451 g/mol. The van der Waals surface area contributed by atoms with Gasteiger partial charge in [0.25, 0.3) is 5.91 Å². The Hall–Kier alpha value is -3.13. The van der Waals surface area contributed by atoms with Gasteiger partial charge < -0.3 is 5.32 Å². The fourth-order valence-electron chi connectivity index (χ4n) is 4.44. The van der Waals surface area contributed by atoms with Crippen LogP contribution in [0.2, 0.25) is 0 Å². The Morgan fingerprint density at radius 2 is 1.85 bits per heavy atom. The molecule has 1 aromatic heterocycles. The summed E-state index contributed by atoms with van der Waals surface area (Å²) in [5.41, 5.74) is 2.88. The number of hydrogen-bond donors (Lipinski definition) is 1. The maximum atomic E-state index is 14.7. The van der Waals surface area contributed by atoms with Crippen LogP contribution in [0, 0.1) is 26.6 Å². The lowest BCUT2D eigenvalue weighted by molar-refractivity contribution is -0.123. The van der Waals surface area contributed by atoms with Gasteiger partial charge in [-0.05, 0) is 68.4 Å². The molecule has 2 amide bonds. The third-order valence-electron chi connectivity index (χ3n) is 6.31. The van der Waals surface area contributed by atoms with Crippen molar-refractivity contribution in [3.8, 4) is 0 Å². The summed E-state index contributed by atoms with van der Waals surface area (Å²) < 4.78 is 18.6. The molecule has 1 aliphatic carbocycles. The Balaban J connectivity index is 1.84. The van der Waals surface area contributed by atoms with Gasteiger partial charge in [-0.3, -0.25) is 14.5 Å². The summed E-state index contributed by atoms with van der Waals surface area (Å²) in [6.45, 7) is 5.30. The van der Waals surface area contributed by atoms with E-state index in [-0.39, 0.29) is 11.9 Å². The maximum Gasteiger partial charge on any atom is 0.272 e. The third-order valence-corrected chi connectivity index (χ3v) is 7.13. The van der Waals surface area contributed by atoms with Crippen molar-refractivity contribution >= 4 is 29.0 Å². The van der Waals surface area contributed by atoms with Crippen LogP contribution in [0.3, 0.4) is 0 Å². The number of carbonyl (C=O) groups excluding carboxylic acids is 2. The van der Waals surface area contributed by atoms with Gasteiger partial charge >= 0.3 is 0 Å². The molecule has 1 N–H and O–H groups in total. The van der Waals surface area contributed by atoms with Crippen LogP contribution >= 0.6 is 11.5 Å². The highest BCUT2D eigenvalue weighted by molar-refractivity contribution is 7.08. The number of aryl methyl sites for hydroxylation is 3. The number of benzene rings is 2. The van der Waals surface area contributed by atoms with Crippen molar-refractivity contribution in [3.05, 3.63) is 75.5 Å². The normalized spacial score (nSPS) is 15.1. The van der Waals surface area contributed by atoms with Gasteiger partial charge in [-0.25, -0.2) is 4.39 Å². The Labute approximate surface area is 203 Å². The molecule has 34 heavy (non-hydrogen) atoms. The highest BCUT2D eigenvalue weighted by Crippen LogP contribution is 2.33. The summed E-state index contributed by atoms with van der Waals surface area (Å²) >= 11 is 0.973. The van der Waals surface area contributed by atoms with Crippen molar-refractivity contribution in [3.63, 3.8) is 0 Å². The molecule has 0 aliphatic heterocycles. The van der Waals surface area contributed by atoms with E-state index in [1.807, 2.05) is 31.2 Å². The molecule has 178 valence electrons. The lowest BCUT2D eigenvalue weighted by Gasteiger charge is -2.33. The van der Waals surface area contributed by atoms with Crippen molar-refractivity contribution < 1.29 is 14.0 Å². The van der Waals surface area contributed by atoms with Gasteiger partial charge in [-0.2, -0.15) is 0 Å². The number of nitrogens with one attached hydrogen (secondary N) is 1. The first kappa shape index (κ1) is 24.0. The Morgan fingerprint density at radius 3 is 2.50 bits per heavy atom. The standard InChI is InChI=1S/C26H29FN4O2S/c1-16-8-7-9-19(14-16)23(25(32)28-20-10-5-4-6-11-20)31(21-13-12-17(2)22(27)15-21)26(33)24-18(3)29-30-34-24/h7-9,12-15,20,23H,4-6,10-11H2,1-3H3,(H,28,32). The smallest absolute Gasteiger partial charge is 0.272 e. The SMILES string of the molecule is Cc1cccc(C(C(=O)NC2CCCCC2)N(C(=O)c2snnc2C)c2ccc(C)c(F)c2)c1. The van der Waals surface area contributed by atoms with Crippen LogP contribution in [0.15, 0.2) is 42.5 Å². The molecule has 1 aliphatic rings. The number of amides is 2. The summed E-state index contributed by atoms with van der Waals surface area (Å²) in [7, 11) is 0. The minimum absolute atomic E-state index is 0.0621. The van der Waals surface area contributed by atoms with Crippen molar-refractivity contribution in [1.29, 1.82) is 0 Å². The first-order valence-electron chi connectivity index (χ1n) is 11.6. The van der Waals surface area contributed by atoms with E-state index < -0.39 is 17.8 Å². The van der Waals surface area contributed by atoms with Gasteiger partial charge in [0.1, 0.15) is 16.7 Å². The number of nitrogens with zero attached hydrogens (tertiary/aromatic N) is 3. The lowest BCUT2D eigenvalue weighted by atomic mass is 9.94. The fraction of sp³-hybridized carbons (Fsp3) is 0.385. The molecule has 0 radical (unpaired) electrons. The molecule has 4 rings (SSSR count). The second-order valence-corrected chi connectivity index (χ2v) is 9.71. The predicted octanol–water partition coefficient (Wildman–Crippen LogP) is 5.44. The van der Waals surface area contributed by atoms with Crippen LogP contribution < -0.4 is 10.2 Å². The highest BCUT2D eigenvalue weighted by Gasteiger charge is 2.36. The summed E-state index contributed by atoms with van der Waals surface area (Å²) in [6.07, 6.45) is 5.13. The predicted molar refractivity (Wildman–Crippen MR) is 132 cm³/mol. The quantitative estimate of drug-likeness (QED) is 0.510. The van der Waals surface area contributed by atoms with E-state index in [0.717, 1.165) is 42.8 Å². The number of anilines is 1. The van der Waals surface area contributed by atoms with E-state index >= 15 is 0 Å². The summed E-state index contributed by atoms with van der Waals surface area (Å²) in [5.74, 6) is -1.15. The van der Waals surface area contributed by atoms with Gasteiger partial charge in [-0.15, -0.1) is 5.10 Å². The number of carbonyl (C=O) groups is 2. The molecule has 1 unspecified atom stereocenters. The van der Waals surface area contributed by atoms with Gasteiger partial charge in [0.15, 0.2) is 0 Å². The molecule has 0 saturated heterocycles. The summed E-state index contributed by atoms with van der Waals surface area (Å²) in [4.78, 5) is 29.4. The lowest BCUT2D eigenvalue weighted by Crippen LogP contribution is -2.47. The summed E-state index contributed by atoms with van der Waals surface area (Å²) in [5, 5.41) is 7.15. The highest BCUT2D eigenvalue weighted by atomic mass is 32.1. The first-order chi connectivity index (χ1) is 16.3. The van der Waals surface area contributed by atoms with Gasteiger partial charge in [0.2, 0.25) is 5.91 Å². The molecule has 1 heterocycles. The molecule has 8 heteroatoms. The Kier molecular flexibility index (Phi) is 7.36. The van der Waals surface area contributed by atoms with E-state index in [1.165, 1.54) is 17.4 Å². The van der Waals surface area contributed by atoms with Crippen molar-refractivity contribution in [2.45, 2.75) is 65.0 Å². The topological polar surface area (TPSA) is 75.2 Å². The minimum Gasteiger partial charge on any atom is -0.351 e. The average Bonchev–Trinajstić information content (AvgIpc) is 3.25. The Morgan fingerprint density at radius 1 is 1.09 bits per heavy atom. The molecule has 1 fully saturated rings. The first-order valence-corrected chi connectivity index (χ1v) is 12.4. The molecule has 6 nitrogen and oxygen atoms in total. The molecule has 3 aromatic rings. The largest absolute Gasteiger partial charge is 0.351 e. The van der Waals surface area contributed by atoms with Crippen LogP contribution in [0.25, 0.3) is 0 Å². The molecule has 0 spiro atoms. The monoisotopic (exact) mass is 480 g/mol. The fourth-order valence-corrected chi connectivity index (χ4v) is 5.03. The van der Waals surface area contributed by atoms with Gasteiger partial charge in [-0.1, -0.05) is 59.6 Å². The van der Waals surface area contributed by atoms with Crippen molar-refractivity contribution in [2.24, 2.45) is 0 Å². The van der Waals surface area contributed by atoms with E-state index in [0.29, 0.717) is 27.4 Å². The van der Waals surface area contributed by atoms with Crippen molar-refractivity contribution in [2.75, 3.05) is 4.90 Å². The van der Waals surface area contributed by atoms with Crippen LogP contribution in [-0.2, 0) is 4.79 Å². The van der Waals surface area contributed by atoms with Crippen LogP contribution in [0.1, 0.15) is 70.2 Å². The second kappa shape index (κ2) is 10.4. The van der Waals surface area contributed by atoms with Gasteiger partial charge in [0.05, 0.1) is 5.69 Å². The number of aromatic nitrogens is 2. The third kappa shape index (κ3) is 5.17. The minimum atomic E-state index is -0.974. The molecule has 1 saturated carbocycles. The number of halogens is 1. The number of rotatable bonds is 6.